The molecule has 2 rings (SSSR count). The summed E-state index contributed by atoms with van der Waals surface area (Å²) in [5, 5.41) is 12.4. The van der Waals surface area contributed by atoms with Crippen LogP contribution in [0, 0.1) is 0 Å². The molecule has 114 valence electrons. The number of primary amides is 1. The molecule has 0 aliphatic rings. The maximum Gasteiger partial charge on any atom is 0.251 e. The van der Waals surface area contributed by atoms with E-state index in [4.69, 9.17) is 10.5 Å². The zero-order valence-corrected chi connectivity index (χ0v) is 11.8. The van der Waals surface area contributed by atoms with E-state index in [2.05, 4.69) is 5.32 Å². The van der Waals surface area contributed by atoms with Crippen LogP contribution < -0.4 is 15.8 Å². The van der Waals surface area contributed by atoms with E-state index >= 15 is 0 Å². The molecule has 4 N–H and O–H groups in total. The Bertz CT molecular complexity index is 671. The Morgan fingerprint density at radius 3 is 2.45 bits per heavy atom. The summed E-state index contributed by atoms with van der Waals surface area (Å²) < 4.78 is 5.34. The first-order chi connectivity index (χ1) is 10.6. The van der Waals surface area contributed by atoms with Gasteiger partial charge in [-0.15, -0.1) is 0 Å². The summed E-state index contributed by atoms with van der Waals surface area (Å²) in [5.41, 5.74) is 5.87. The summed E-state index contributed by atoms with van der Waals surface area (Å²) in [6, 6.07) is 13.0. The fourth-order valence-electron chi connectivity index (χ4n) is 1.81. The van der Waals surface area contributed by atoms with E-state index in [0.717, 1.165) is 0 Å². The number of hydrogen-bond acceptors (Lipinski definition) is 4. The Morgan fingerprint density at radius 2 is 1.82 bits per heavy atom. The van der Waals surface area contributed by atoms with Crippen molar-refractivity contribution in [2.75, 3.05) is 13.2 Å². The number of benzene rings is 2. The number of nitrogens with one attached hydrogen (secondary N) is 1. The highest BCUT2D eigenvalue weighted by Gasteiger charge is 2.08. The molecular formula is C16H16N2O4. The van der Waals surface area contributed by atoms with Crippen LogP contribution >= 0.6 is 0 Å². The lowest BCUT2D eigenvalue weighted by molar-refractivity contribution is 0.0945. The van der Waals surface area contributed by atoms with E-state index in [1.54, 1.807) is 24.3 Å². The van der Waals surface area contributed by atoms with Gasteiger partial charge in [0.1, 0.15) is 6.61 Å². The molecule has 0 radical (unpaired) electrons. The first-order valence-electron chi connectivity index (χ1n) is 6.67. The molecule has 0 bridgehead atoms. The van der Waals surface area contributed by atoms with Crippen molar-refractivity contribution in [3.63, 3.8) is 0 Å². The highest BCUT2D eigenvalue weighted by Crippen LogP contribution is 2.26. The number of aromatic hydroxyl groups is 1. The smallest absolute Gasteiger partial charge is 0.251 e. The monoisotopic (exact) mass is 300 g/mol. The molecule has 0 saturated carbocycles. The highest BCUT2D eigenvalue weighted by molar-refractivity contribution is 5.94. The molecule has 22 heavy (non-hydrogen) atoms. The van der Waals surface area contributed by atoms with Crippen LogP contribution in [0.5, 0.6) is 11.5 Å². The second kappa shape index (κ2) is 7.12. The average Bonchev–Trinajstić information content (AvgIpc) is 2.53. The molecule has 0 heterocycles. The van der Waals surface area contributed by atoms with E-state index in [0.29, 0.717) is 5.56 Å². The first-order valence-corrected chi connectivity index (χ1v) is 6.67. The quantitative estimate of drug-likeness (QED) is 0.700. The zero-order chi connectivity index (χ0) is 15.9. The molecule has 0 spiro atoms. The SMILES string of the molecule is NC(=O)c1ccc(OCCNC(=O)c2ccccc2)c(O)c1. The number of phenolic OH excluding ortho intramolecular Hbond substituents is 1. The third kappa shape index (κ3) is 3.99. The number of hydrogen-bond donors (Lipinski definition) is 3. The van der Waals surface area contributed by atoms with Crippen LogP contribution in [0.1, 0.15) is 20.7 Å². The Balaban J connectivity index is 1.82. The predicted octanol–water partition coefficient (Wildman–Crippen LogP) is 1.30. The maximum atomic E-state index is 11.8. The molecule has 0 fully saturated rings. The van der Waals surface area contributed by atoms with Crippen molar-refractivity contribution in [2.45, 2.75) is 0 Å². The van der Waals surface area contributed by atoms with E-state index in [-0.39, 0.29) is 36.1 Å². The third-order valence-corrected chi connectivity index (χ3v) is 2.92. The summed E-state index contributed by atoms with van der Waals surface area (Å²) in [6.45, 7) is 0.465. The van der Waals surface area contributed by atoms with Crippen molar-refractivity contribution < 1.29 is 19.4 Å². The molecule has 6 heteroatoms. The van der Waals surface area contributed by atoms with Gasteiger partial charge in [0.15, 0.2) is 11.5 Å². The topological polar surface area (TPSA) is 102 Å². The van der Waals surface area contributed by atoms with Gasteiger partial charge in [-0.2, -0.15) is 0 Å². The molecular weight excluding hydrogens is 284 g/mol. The van der Waals surface area contributed by atoms with Gasteiger partial charge in [0, 0.05) is 11.1 Å². The van der Waals surface area contributed by atoms with E-state index < -0.39 is 5.91 Å². The van der Waals surface area contributed by atoms with Crippen molar-refractivity contribution in [1.29, 1.82) is 0 Å². The summed E-state index contributed by atoms with van der Waals surface area (Å²) in [4.78, 5) is 22.7. The number of ether oxygens (including phenoxy) is 1. The van der Waals surface area contributed by atoms with Crippen LogP contribution in [0.3, 0.4) is 0 Å². The van der Waals surface area contributed by atoms with Crippen LogP contribution in [-0.4, -0.2) is 30.1 Å². The Labute approximate surface area is 127 Å². The largest absolute Gasteiger partial charge is 0.504 e. The van der Waals surface area contributed by atoms with Gasteiger partial charge >= 0.3 is 0 Å². The number of amides is 2. The van der Waals surface area contributed by atoms with Crippen LogP contribution in [0.25, 0.3) is 0 Å². The highest BCUT2D eigenvalue weighted by atomic mass is 16.5. The molecule has 2 amide bonds. The lowest BCUT2D eigenvalue weighted by Gasteiger charge is -2.09. The number of carbonyl (C=O) groups is 2. The lowest BCUT2D eigenvalue weighted by Crippen LogP contribution is -2.28. The molecule has 0 saturated heterocycles. The van der Waals surface area contributed by atoms with Gasteiger partial charge in [-0.05, 0) is 30.3 Å². The molecule has 0 atom stereocenters. The van der Waals surface area contributed by atoms with Crippen molar-refractivity contribution in [3.8, 4) is 11.5 Å². The van der Waals surface area contributed by atoms with Crippen molar-refractivity contribution in [2.24, 2.45) is 5.73 Å². The standard InChI is InChI=1S/C16H16N2O4/c17-15(20)12-6-7-14(13(19)10-12)22-9-8-18-16(21)11-4-2-1-3-5-11/h1-7,10,19H,8-9H2,(H2,17,20)(H,18,21). The number of carbonyl (C=O) groups excluding carboxylic acids is 2. The van der Waals surface area contributed by atoms with Crippen LogP contribution in [0.2, 0.25) is 0 Å². The molecule has 0 aliphatic carbocycles. The number of rotatable bonds is 6. The minimum absolute atomic E-state index is 0.175. The zero-order valence-electron chi connectivity index (χ0n) is 11.8. The third-order valence-electron chi connectivity index (χ3n) is 2.92. The van der Waals surface area contributed by atoms with Gasteiger partial charge in [-0.1, -0.05) is 18.2 Å². The van der Waals surface area contributed by atoms with Crippen LogP contribution in [0.15, 0.2) is 48.5 Å². The summed E-state index contributed by atoms with van der Waals surface area (Å²) in [6.07, 6.45) is 0. The average molecular weight is 300 g/mol. The van der Waals surface area contributed by atoms with E-state index in [9.17, 15) is 14.7 Å². The summed E-state index contributed by atoms with van der Waals surface area (Å²) >= 11 is 0. The Hall–Kier alpha value is -3.02. The first kappa shape index (κ1) is 15.4. The second-order valence-electron chi connectivity index (χ2n) is 4.52. The number of phenols is 1. The van der Waals surface area contributed by atoms with Gasteiger partial charge < -0.3 is 20.9 Å². The fraction of sp³-hybridized carbons (Fsp3) is 0.125. The molecule has 2 aromatic rings. The van der Waals surface area contributed by atoms with E-state index in [1.165, 1.54) is 18.2 Å². The van der Waals surface area contributed by atoms with Crippen LogP contribution in [-0.2, 0) is 0 Å². The molecule has 0 aliphatic heterocycles. The van der Waals surface area contributed by atoms with Gasteiger partial charge in [-0.3, -0.25) is 9.59 Å². The Kier molecular flexibility index (Phi) is 4.98. The van der Waals surface area contributed by atoms with Crippen molar-refractivity contribution in [3.05, 3.63) is 59.7 Å². The normalized spacial score (nSPS) is 10.0. The van der Waals surface area contributed by atoms with Gasteiger partial charge in [0.25, 0.3) is 5.91 Å². The molecule has 2 aromatic carbocycles. The summed E-state index contributed by atoms with van der Waals surface area (Å²) in [5.74, 6) is -0.779. The minimum Gasteiger partial charge on any atom is -0.504 e. The lowest BCUT2D eigenvalue weighted by atomic mass is 10.2. The van der Waals surface area contributed by atoms with Crippen LogP contribution in [0.4, 0.5) is 0 Å². The number of nitrogens with two attached hydrogens (primary N) is 1. The summed E-state index contributed by atoms with van der Waals surface area (Å²) in [7, 11) is 0. The fourth-order valence-corrected chi connectivity index (χ4v) is 1.81. The van der Waals surface area contributed by atoms with Gasteiger partial charge in [0.2, 0.25) is 5.91 Å². The molecule has 6 nitrogen and oxygen atoms in total. The Morgan fingerprint density at radius 1 is 1.09 bits per heavy atom. The maximum absolute atomic E-state index is 11.8. The van der Waals surface area contributed by atoms with Gasteiger partial charge in [-0.25, -0.2) is 0 Å². The van der Waals surface area contributed by atoms with Crippen molar-refractivity contribution >= 4 is 11.8 Å². The minimum atomic E-state index is -0.628. The van der Waals surface area contributed by atoms with Crippen molar-refractivity contribution in [1.82, 2.24) is 5.32 Å². The predicted molar refractivity (Wildman–Crippen MR) is 80.9 cm³/mol. The van der Waals surface area contributed by atoms with Gasteiger partial charge in [0.05, 0.1) is 6.54 Å². The molecule has 0 aromatic heterocycles. The second-order valence-corrected chi connectivity index (χ2v) is 4.52. The van der Waals surface area contributed by atoms with E-state index in [1.807, 2.05) is 6.07 Å². The molecule has 0 unspecified atom stereocenters.